The van der Waals surface area contributed by atoms with Crippen molar-refractivity contribution in [2.75, 3.05) is 6.61 Å². The summed E-state index contributed by atoms with van der Waals surface area (Å²) < 4.78 is 7.88. The molecule has 0 bridgehead atoms. The van der Waals surface area contributed by atoms with Crippen molar-refractivity contribution in [3.8, 4) is 0 Å². The molecule has 1 aromatic rings. The summed E-state index contributed by atoms with van der Waals surface area (Å²) in [7, 11) is 0. The van der Waals surface area contributed by atoms with E-state index in [4.69, 9.17) is 4.74 Å². The second-order valence-corrected chi connectivity index (χ2v) is 4.76. The number of ether oxygens (including phenoxy) is 1. The van der Waals surface area contributed by atoms with Crippen LogP contribution in [0, 0.1) is 5.92 Å². The van der Waals surface area contributed by atoms with Crippen LogP contribution in [0.25, 0.3) is 0 Å². The zero-order valence-electron chi connectivity index (χ0n) is 9.11. The average Bonchev–Trinajstić information content (AvgIpc) is 3.00. The van der Waals surface area contributed by atoms with Crippen LogP contribution in [0.3, 0.4) is 0 Å². The molecule has 1 aromatic heterocycles. The van der Waals surface area contributed by atoms with Crippen molar-refractivity contribution in [1.29, 1.82) is 0 Å². The minimum Gasteiger partial charge on any atom is -0.360 e. The van der Waals surface area contributed by atoms with Crippen LogP contribution in [-0.2, 0) is 24.3 Å². The first-order valence-electron chi connectivity index (χ1n) is 6.04. The van der Waals surface area contributed by atoms with Gasteiger partial charge >= 0.3 is 0 Å². The van der Waals surface area contributed by atoms with E-state index in [1.165, 1.54) is 43.5 Å². The summed E-state index contributed by atoms with van der Waals surface area (Å²) >= 11 is 0. The molecule has 82 valence electrons. The van der Waals surface area contributed by atoms with Crippen LogP contribution in [0.4, 0.5) is 0 Å². The van der Waals surface area contributed by atoms with Gasteiger partial charge in [0.25, 0.3) is 0 Å². The van der Waals surface area contributed by atoms with Gasteiger partial charge in [0.2, 0.25) is 0 Å². The predicted molar refractivity (Wildman–Crippen MR) is 57.5 cm³/mol. The van der Waals surface area contributed by atoms with E-state index in [0.717, 1.165) is 18.9 Å². The molecule has 0 atom stereocenters. The SMILES string of the molecule is c1nc2c(n1COCC1CC1)CCCC2. The van der Waals surface area contributed by atoms with Crippen molar-refractivity contribution < 1.29 is 4.74 Å². The van der Waals surface area contributed by atoms with Crippen molar-refractivity contribution in [2.45, 2.75) is 45.3 Å². The number of fused-ring (bicyclic) bond motifs is 1. The summed E-state index contributed by atoms with van der Waals surface area (Å²) in [5.41, 5.74) is 2.72. The van der Waals surface area contributed by atoms with Crippen molar-refractivity contribution in [3.05, 3.63) is 17.7 Å². The fourth-order valence-corrected chi connectivity index (χ4v) is 2.24. The molecule has 15 heavy (non-hydrogen) atoms. The monoisotopic (exact) mass is 206 g/mol. The second-order valence-electron chi connectivity index (χ2n) is 4.76. The molecule has 0 spiro atoms. The first-order valence-corrected chi connectivity index (χ1v) is 6.04. The minimum atomic E-state index is 0.707. The topological polar surface area (TPSA) is 27.1 Å². The molecule has 0 aliphatic heterocycles. The lowest BCUT2D eigenvalue weighted by atomic mass is 10.0. The second kappa shape index (κ2) is 3.97. The molecule has 1 heterocycles. The van der Waals surface area contributed by atoms with Crippen LogP contribution in [-0.4, -0.2) is 16.2 Å². The van der Waals surface area contributed by atoms with Gasteiger partial charge in [0.15, 0.2) is 0 Å². The third-order valence-corrected chi connectivity index (χ3v) is 3.39. The highest BCUT2D eigenvalue weighted by atomic mass is 16.5. The van der Waals surface area contributed by atoms with Gasteiger partial charge in [0.1, 0.15) is 6.73 Å². The Morgan fingerprint density at radius 2 is 2.20 bits per heavy atom. The molecule has 0 saturated heterocycles. The zero-order chi connectivity index (χ0) is 10.1. The summed E-state index contributed by atoms with van der Waals surface area (Å²) in [4.78, 5) is 4.45. The minimum absolute atomic E-state index is 0.707. The number of hydrogen-bond donors (Lipinski definition) is 0. The van der Waals surface area contributed by atoms with Gasteiger partial charge in [-0.15, -0.1) is 0 Å². The molecular formula is C12H18N2O. The van der Waals surface area contributed by atoms with E-state index in [-0.39, 0.29) is 0 Å². The summed E-state index contributed by atoms with van der Waals surface area (Å²) in [6.07, 6.45) is 9.62. The largest absolute Gasteiger partial charge is 0.360 e. The van der Waals surface area contributed by atoms with Crippen LogP contribution < -0.4 is 0 Å². The Morgan fingerprint density at radius 1 is 1.33 bits per heavy atom. The van der Waals surface area contributed by atoms with Gasteiger partial charge in [0, 0.05) is 5.69 Å². The maximum atomic E-state index is 5.69. The molecule has 3 rings (SSSR count). The molecule has 0 unspecified atom stereocenters. The Hall–Kier alpha value is -0.830. The van der Waals surface area contributed by atoms with E-state index in [2.05, 4.69) is 9.55 Å². The number of imidazole rings is 1. The Bertz CT molecular complexity index is 341. The Labute approximate surface area is 90.5 Å². The Balaban J connectivity index is 1.60. The van der Waals surface area contributed by atoms with Crippen molar-refractivity contribution in [2.24, 2.45) is 5.92 Å². The highest BCUT2D eigenvalue weighted by Gasteiger charge is 2.21. The van der Waals surface area contributed by atoms with Crippen LogP contribution in [0.1, 0.15) is 37.1 Å². The van der Waals surface area contributed by atoms with Gasteiger partial charge in [-0.05, 0) is 44.4 Å². The number of aryl methyl sites for hydroxylation is 1. The maximum Gasteiger partial charge on any atom is 0.124 e. The van der Waals surface area contributed by atoms with Gasteiger partial charge in [-0.25, -0.2) is 4.98 Å². The molecule has 0 radical (unpaired) electrons. The molecular weight excluding hydrogens is 188 g/mol. The average molecular weight is 206 g/mol. The van der Waals surface area contributed by atoms with Crippen LogP contribution in [0.15, 0.2) is 6.33 Å². The van der Waals surface area contributed by atoms with E-state index in [1.54, 1.807) is 0 Å². The van der Waals surface area contributed by atoms with Crippen LogP contribution in [0.5, 0.6) is 0 Å². The first kappa shape index (κ1) is 9.40. The molecule has 0 amide bonds. The van der Waals surface area contributed by atoms with Gasteiger partial charge in [0.05, 0.1) is 18.6 Å². The molecule has 1 saturated carbocycles. The van der Waals surface area contributed by atoms with E-state index >= 15 is 0 Å². The molecule has 0 aromatic carbocycles. The van der Waals surface area contributed by atoms with Gasteiger partial charge in [-0.2, -0.15) is 0 Å². The van der Waals surface area contributed by atoms with E-state index < -0.39 is 0 Å². The van der Waals surface area contributed by atoms with Gasteiger partial charge < -0.3 is 9.30 Å². The summed E-state index contributed by atoms with van der Waals surface area (Å²) in [6.45, 7) is 1.64. The van der Waals surface area contributed by atoms with E-state index in [0.29, 0.717) is 6.73 Å². The highest BCUT2D eigenvalue weighted by Crippen LogP contribution is 2.29. The summed E-state index contributed by atoms with van der Waals surface area (Å²) in [6, 6.07) is 0. The summed E-state index contributed by atoms with van der Waals surface area (Å²) in [5.74, 6) is 0.851. The Kier molecular flexibility index (Phi) is 2.49. The van der Waals surface area contributed by atoms with Gasteiger partial charge in [-0.1, -0.05) is 0 Å². The van der Waals surface area contributed by atoms with Gasteiger partial charge in [-0.3, -0.25) is 0 Å². The normalized spacial score (nSPS) is 20.3. The van der Waals surface area contributed by atoms with E-state index in [1.807, 2.05) is 6.33 Å². The predicted octanol–water partition coefficient (Wildman–Crippen LogP) is 2.15. The standard InChI is InChI=1S/C12H18N2O/c1-2-4-12-11(3-1)13-8-14(12)9-15-7-10-5-6-10/h8,10H,1-7,9H2. The van der Waals surface area contributed by atoms with E-state index in [9.17, 15) is 0 Å². The third-order valence-electron chi connectivity index (χ3n) is 3.39. The number of hydrogen-bond acceptors (Lipinski definition) is 2. The van der Waals surface area contributed by atoms with Crippen molar-refractivity contribution >= 4 is 0 Å². The molecule has 2 aliphatic carbocycles. The number of aromatic nitrogens is 2. The van der Waals surface area contributed by atoms with Crippen LogP contribution >= 0.6 is 0 Å². The fraction of sp³-hybridized carbons (Fsp3) is 0.750. The molecule has 2 aliphatic rings. The number of nitrogens with zero attached hydrogens (tertiary/aromatic N) is 2. The molecule has 1 fully saturated rings. The fourth-order valence-electron chi connectivity index (χ4n) is 2.24. The highest BCUT2D eigenvalue weighted by molar-refractivity contribution is 5.15. The summed E-state index contributed by atoms with van der Waals surface area (Å²) in [5, 5.41) is 0. The van der Waals surface area contributed by atoms with Crippen molar-refractivity contribution in [3.63, 3.8) is 0 Å². The van der Waals surface area contributed by atoms with Crippen LogP contribution in [0.2, 0.25) is 0 Å². The maximum absolute atomic E-state index is 5.69. The lowest BCUT2D eigenvalue weighted by Crippen LogP contribution is -2.10. The zero-order valence-corrected chi connectivity index (χ0v) is 9.11. The quantitative estimate of drug-likeness (QED) is 0.754. The van der Waals surface area contributed by atoms with Crippen molar-refractivity contribution in [1.82, 2.24) is 9.55 Å². The molecule has 0 N–H and O–H groups in total. The molecule has 3 heteroatoms. The lowest BCUT2D eigenvalue weighted by Gasteiger charge is -2.13. The lowest BCUT2D eigenvalue weighted by molar-refractivity contribution is 0.0670. The number of rotatable bonds is 4. The smallest absolute Gasteiger partial charge is 0.124 e. The Morgan fingerprint density at radius 3 is 3.07 bits per heavy atom. The first-order chi connectivity index (χ1) is 7.43. The molecule has 3 nitrogen and oxygen atoms in total. The third kappa shape index (κ3) is 2.07.